The number of hydrogen-bond acceptors (Lipinski definition) is 1. The quantitative estimate of drug-likeness (QED) is 0.663. The third-order valence-electron chi connectivity index (χ3n) is 2.75. The summed E-state index contributed by atoms with van der Waals surface area (Å²) in [5, 5.41) is -0.447. The molecule has 0 aliphatic heterocycles. The van der Waals surface area contributed by atoms with Crippen LogP contribution < -0.4 is 5.73 Å². The van der Waals surface area contributed by atoms with Gasteiger partial charge in [-0.05, 0) is 24.7 Å². The molecule has 0 spiro atoms. The van der Waals surface area contributed by atoms with Crippen molar-refractivity contribution in [2.24, 2.45) is 17.6 Å². The second kappa shape index (κ2) is 4.13. The van der Waals surface area contributed by atoms with E-state index in [1.165, 1.54) is 12.8 Å². The number of rotatable bonds is 2. The van der Waals surface area contributed by atoms with E-state index in [4.69, 9.17) is 17.3 Å². The molecule has 0 aromatic carbocycles. The molecule has 0 saturated heterocycles. The van der Waals surface area contributed by atoms with Gasteiger partial charge in [0.05, 0.1) is 0 Å². The molecule has 3 heteroatoms. The van der Waals surface area contributed by atoms with Gasteiger partial charge in [0.2, 0.25) is 5.91 Å². The molecule has 2 N–H and O–H groups in total. The van der Waals surface area contributed by atoms with E-state index >= 15 is 0 Å². The first-order chi connectivity index (χ1) is 5.61. The molecule has 1 rings (SSSR count). The lowest BCUT2D eigenvalue weighted by molar-refractivity contribution is -0.118. The summed E-state index contributed by atoms with van der Waals surface area (Å²) in [7, 11) is 0. The van der Waals surface area contributed by atoms with Crippen molar-refractivity contribution in [1.29, 1.82) is 0 Å². The summed E-state index contributed by atoms with van der Waals surface area (Å²) >= 11 is 5.87. The lowest BCUT2D eigenvalue weighted by Crippen LogP contribution is -2.32. The van der Waals surface area contributed by atoms with Crippen LogP contribution in [0.2, 0.25) is 0 Å². The summed E-state index contributed by atoms with van der Waals surface area (Å²) in [5.74, 6) is 0.745. The highest BCUT2D eigenvalue weighted by atomic mass is 35.5. The lowest BCUT2D eigenvalue weighted by Gasteiger charge is -2.27. The van der Waals surface area contributed by atoms with E-state index in [1.54, 1.807) is 0 Å². The maximum Gasteiger partial charge on any atom is 0.235 e. The molecule has 1 saturated carbocycles. The van der Waals surface area contributed by atoms with Gasteiger partial charge in [0, 0.05) is 0 Å². The molecule has 12 heavy (non-hydrogen) atoms. The maximum absolute atomic E-state index is 10.8. The van der Waals surface area contributed by atoms with Crippen LogP contribution in [0.4, 0.5) is 0 Å². The van der Waals surface area contributed by atoms with Crippen LogP contribution in [0, 0.1) is 11.8 Å². The fourth-order valence-electron chi connectivity index (χ4n) is 1.81. The van der Waals surface area contributed by atoms with Gasteiger partial charge in [0.15, 0.2) is 0 Å². The third-order valence-corrected chi connectivity index (χ3v) is 3.32. The van der Waals surface area contributed by atoms with Gasteiger partial charge < -0.3 is 5.73 Å². The normalized spacial score (nSPS) is 32.8. The van der Waals surface area contributed by atoms with Gasteiger partial charge >= 0.3 is 0 Å². The van der Waals surface area contributed by atoms with Gasteiger partial charge in [-0.25, -0.2) is 0 Å². The maximum atomic E-state index is 10.8. The highest BCUT2D eigenvalue weighted by Gasteiger charge is 2.27. The number of halogens is 1. The van der Waals surface area contributed by atoms with Gasteiger partial charge in [-0.2, -0.15) is 0 Å². The predicted molar refractivity (Wildman–Crippen MR) is 50.0 cm³/mol. The van der Waals surface area contributed by atoms with Crippen LogP contribution in [-0.2, 0) is 4.79 Å². The zero-order valence-electron chi connectivity index (χ0n) is 7.42. The molecule has 1 aliphatic carbocycles. The van der Waals surface area contributed by atoms with Crippen molar-refractivity contribution in [2.75, 3.05) is 0 Å². The van der Waals surface area contributed by atoms with Crippen molar-refractivity contribution in [3.8, 4) is 0 Å². The summed E-state index contributed by atoms with van der Waals surface area (Å²) in [4.78, 5) is 10.8. The average Bonchev–Trinajstić information content (AvgIpc) is 2.04. The Morgan fingerprint density at radius 1 is 1.42 bits per heavy atom. The Morgan fingerprint density at radius 3 is 2.33 bits per heavy atom. The van der Waals surface area contributed by atoms with Crippen molar-refractivity contribution >= 4 is 17.5 Å². The molecule has 1 fully saturated rings. The molecular weight excluding hydrogens is 174 g/mol. The van der Waals surface area contributed by atoms with E-state index in [0.717, 1.165) is 18.8 Å². The number of carbonyl (C=O) groups is 1. The van der Waals surface area contributed by atoms with E-state index in [1.807, 2.05) is 0 Å². The fraction of sp³-hybridized carbons (Fsp3) is 0.889. The topological polar surface area (TPSA) is 43.1 Å². The van der Waals surface area contributed by atoms with Crippen LogP contribution >= 0.6 is 11.6 Å². The molecule has 0 bridgehead atoms. The van der Waals surface area contributed by atoms with Gasteiger partial charge in [0.25, 0.3) is 0 Å². The second-order valence-corrected chi connectivity index (χ2v) is 4.29. The predicted octanol–water partition coefficient (Wildman–Crippen LogP) is 1.91. The molecule has 1 aliphatic rings. The van der Waals surface area contributed by atoms with Crippen LogP contribution in [0.5, 0.6) is 0 Å². The molecule has 0 radical (unpaired) electrons. The molecule has 0 aromatic heterocycles. The smallest absolute Gasteiger partial charge is 0.235 e. The summed E-state index contributed by atoms with van der Waals surface area (Å²) in [5.41, 5.74) is 5.13. The minimum Gasteiger partial charge on any atom is -0.368 e. The Bertz CT molecular complexity index is 164. The van der Waals surface area contributed by atoms with Crippen LogP contribution in [0.15, 0.2) is 0 Å². The Kier molecular flexibility index (Phi) is 3.39. The van der Waals surface area contributed by atoms with Crippen molar-refractivity contribution in [3.05, 3.63) is 0 Å². The molecule has 1 amide bonds. The Balaban J connectivity index is 2.39. The first-order valence-electron chi connectivity index (χ1n) is 4.54. The number of hydrogen-bond donors (Lipinski definition) is 1. The summed E-state index contributed by atoms with van der Waals surface area (Å²) in [6, 6.07) is 0. The van der Waals surface area contributed by atoms with Crippen LogP contribution in [-0.4, -0.2) is 11.3 Å². The number of alkyl halides is 1. The van der Waals surface area contributed by atoms with Crippen LogP contribution in [0.1, 0.15) is 32.6 Å². The Labute approximate surface area is 78.5 Å². The minimum absolute atomic E-state index is 0.320. The molecule has 0 aromatic rings. The summed E-state index contributed by atoms with van der Waals surface area (Å²) in [6.07, 6.45) is 4.47. The van der Waals surface area contributed by atoms with E-state index in [0.29, 0.717) is 5.92 Å². The number of primary amides is 1. The SMILES string of the molecule is CC1CCC(C(Cl)C(N)=O)CC1. The molecule has 1 unspecified atom stereocenters. The number of carbonyl (C=O) groups excluding carboxylic acids is 1. The van der Waals surface area contributed by atoms with E-state index < -0.39 is 5.38 Å². The van der Waals surface area contributed by atoms with Gasteiger partial charge in [-0.3, -0.25) is 4.79 Å². The van der Waals surface area contributed by atoms with E-state index in [9.17, 15) is 4.79 Å². The second-order valence-electron chi connectivity index (χ2n) is 3.82. The molecular formula is C9H16ClNO. The number of amides is 1. The van der Waals surface area contributed by atoms with Crippen molar-refractivity contribution < 1.29 is 4.79 Å². The third kappa shape index (κ3) is 2.37. The first kappa shape index (κ1) is 9.85. The van der Waals surface area contributed by atoms with E-state index in [-0.39, 0.29) is 5.91 Å². The Morgan fingerprint density at radius 2 is 1.92 bits per heavy atom. The zero-order valence-corrected chi connectivity index (χ0v) is 8.18. The van der Waals surface area contributed by atoms with Crippen molar-refractivity contribution in [1.82, 2.24) is 0 Å². The fourth-order valence-corrected chi connectivity index (χ4v) is 2.06. The average molecular weight is 190 g/mol. The minimum atomic E-state index is -0.447. The molecule has 0 heterocycles. The van der Waals surface area contributed by atoms with Crippen molar-refractivity contribution in [3.63, 3.8) is 0 Å². The van der Waals surface area contributed by atoms with Crippen molar-refractivity contribution in [2.45, 2.75) is 38.0 Å². The largest absolute Gasteiger partial charge is 0.368 e. The Hall–Kier alpha value is -0.240. The van der Waals surface area contributed by atoms with E-state index in [2.05, 4.69) is 6.92 Å². The molecule has 2 nitrogen and oxygen atoms in total. The standard InChI is InChI=1S/C9H16ClNO/c1-6-2-4-7(5-3-6)8(10)9(11)12/h6-8H,2-5H2,1H3,(H2,11,12). The molecule has 70 valence electrons. The summed E-state index contributed by atoms with van der Waals surface area (Å²) < 4.78 is 0. The lowest BCUT2D eigenvalue weighted by atomic mass is 9.81. The zero-order chi connectivity index (χ0) is 9.14. The van der Waals surface area contributed by atoms with Gasteiger partial charge in [-0.1, -0.05) is 19.8 Å². The molecule has 1 atom stereocenters. The van der Waals surface area contributed by atoms with Gasteiger partial charge in [0.1, 0.15) is 5.38 Å². The van der Waals surface area contributed by atoms with Crippen LogP contribution in [0.3, 0.4) is 0 Å². The summed E-state index contributed by atoms with van der Waals surface area (Å²) in [6.45, 7) is 2.24. The first-order valence-corrected chi connectivity index (χ1v) is 4.98. The van der Waals surface area contributed by atoms with Gasteiger partial charge in [-0.15, -0.1) is 11.6 Å². The monoisotopic (exact) mass is 189 g/mol. The highest BCUT2D eigenvalue weighted by molar-refractivity contribution is 6.30. The van der Waals surface area contributed by atoms with Crippen LogP contribution in [0.25, 0.3) is 0 Å². The number of nitrogens with two attached hydrogens (primary N) is 1. The highest BCUT2D eigenvalue weighted by Crippen LogP contribution is 2.32.